The van der Waals surface area contributed by atoms with E-state index in [1.807, 2.05) is 17.8 Å². The molecule has 68 valence electrons. The van der Waals surface area contributed by atoms with Gasteiger partial charge in [0.25, 0.3) is 0 Å². The Hall–Kier alpha value is -0.540. The maximum Gasteiger partial charge on any atom is 0.153 e. The van der Waals surface area contributed by atoms with Gasteiger partial charge < -0.3 is 0 Å². The van der Waals surface area contributed by atoms with Crippen molar-refractivity contribution in [2.24, 2.45) is 0 Å². The molecule has 0 fully saturated rings. The SMILES string of the molecule is O=Cc1cc2c(nc1Cl)CCSC2. The third kappa shape index (κ3) is 1.71. The molecule has 0 N–H and O–H groups in total. The predicted molar refractivity (Wildman–Crippen MR) is 54.5 cm³/mol. The maximum atomic E-state index is 10.6. The zero-order valence-electron chi connectivity index (χ0n) is 6.92. The van der Waals surface area contributed by atoms with E-state index in [-0.39, 0.29) is 0 Å². The summed E-state index contributed by atoms with van der Waals surface area (Å²) in [7, 11) is 0. The first-order valence-electron chi connectivity index (χ1n) is 4.02. The number of fused-ring (bicyclic) bond motifs is 1. The molecule has 2 rings (SSSR count). The fourth-order valence-electron chi connectivity index (χ4n) is 1.36. The molecule has 0 unspecified atom stereocenters. The highest BCUT2D eigenvalue weighted by atomic mass is 35.5. The van der Waals surface area contributed by atoms with E-state index in [9.17, 15) is 4.79 Å². The van der Waals surface area contributed by atoms with Crippen LogP contribution >= 0.6 is 23.4 Å². The average molecular weight is 214 g/mol. The Morgan fingerprint density at radius 2 is 2.46 bits per heavy atom. The lowest BCUT2D eigenvalue weighted by atomic mass is 10.1. The molecule has 13 heavy (non-hydrogen) atoms. The Balaban J connectivity index is 2.50. The van der Waals surface area contributed by atoms with Crippen LogP contribution < -0.4 is 0 Å². The zero-order valence-corrected chi connectivity index (χ0v) is 8.49. The molecular formula is C9H8ClNOS. The van der Waals surface area contributed by atoms with Gasteiger partial charge in [-0.2, -0.15) is 11.8 Å². The highest BCUT2D eigenvalue weighted by molar-refractivity contribution is 7.98. The lowest BCUT2D eigenvalue weighted by Crippen LogP contribution is -2.06. The van der Waals surface area contributed by atoms with Crippen LogP contribution in [0, 0.1) is 0 Å². The predicted octanol–water partition coefficient (Wildman–Crippen LogP) is 2.34. The van der Waals surface area contributed by atoms with Crippen LogP contribution in [0.3, 0.4) is 0 Å². The number of pyridine rings is 1. The van der Waals surface area contributed by atoms with E-state index in [1.165, 1.54) is 0 Å². The van der Waals surface area contributed by atoms with Crippen molar-refractivity contribution >= 4 is 29.6 Å². The van der Waals surface area contributed by atoms with Gasteiger partial charge in [-0.15, -0.1) is 0 Å². The number of carbonyl (C=O) groups excluding carboxylic acids is 1. The molecule has 1 aliphatic rings. The van der Waals surface area contributed by atoms with Gasteiger partial charge in [-0.25, -0.2) is 4.98 Å². The van der Waals surface area contributed by atoms with Crippen LogP contribution in [0.4, 0.5) is 0 Å². The normalized spacial score (nSPS) is 15.2. The summed E-state index contributed by atoms with van der Waals surface area (Å²) in [5.41, 5.74) is 2.71. The molecule has 2 heterocycles. The maximum absolute atomic E-state index is 10.6. The molecule has 2 nitrogen and oxygen atoms in total. The number of hydrogen-bond acceptors (Lipinski definition) is 3. The van der Waals surface area contributed by atoms with Crippen LogP contribution in [0.1, 0.15) is 21.6 Å². The standard InChI is InChI=1S/C9H8ClNOS/c10-9-6(4-12)3-7-5-13-2-1-8(7)11-9/h3-4H,1-2,5H2. The average Bonchev–Trinajstić information content (AvgIpc) is 2.17. The summed E-state index contributed by atoms with van der Waals surface area (Å²) in [5, 5.41) is 0.334. The number of rotatable bonds is 1. The Bertz CT molecular complexity index is 354. The number of aromatic nitrogens is 1. The topological polar surface area (TPSA) is 30.0 Å². The van der Waals surface area contributed by atoms with Gasteiger partial charge >= 0.3 is 0 Å². The van der Waals surface area contributed by atoms with Gasteiger partial charge in [0.05, 0.1) is 5.56 Å². The Kier molecular flexibility index (Phi) is 2.56. The molecule has 4 heteroatoms. The van der Waals surface area contributed by atoms with Gasteiger partial charge in [-0.05, 0) is 23.8 Å². The fourth-order valence-corrected chi connectivity index (χ4v) is 2.51. The molecule has 0 saturated carbocycles. The first kappa shape index (κ1) is 9.03. The number of carbonyl (C=O) groups is 1. The van der Waals surface area contributed by atoms with Crippen LogP contribution in [0.25, 0.3) is 0 Å². The molecule has 0 spiro atoms. The molecule has 1 aliphatic heterocycles. The molecule has 0 aliphatic carbocycles. The summed E-state index contributed by atoms with van der Waals surface area (Å²) in [5.74, 6) is 2.04. The van der Waals surface area contributed by atoms with E-state index in [0.717, 1.165) is 35.5 Å². The smallest absolute Gasteiger partial charge is 0.153 e. The number of aldehydes is 1. The third-order valence-electron chi connectivity index (χ3n) is 2.04. The summed E-state index contributed by atoms with van der Waals surface area (Å²) >= 11 is 7.68. The fraction of sp³-hybridized carbons (Fsp3) is 0.333. The quantitative estimate of drug-likeness (QED) is 0.530. The second-order valence-electron chi connectivity index (χ2n) is 2.89. The number of thioether (sulfide) groups is 1. The molecule has 1 aromatic rings. The Morgan fingerprint density at radius 1 is 1.62 bits per heavy atom. The zero-order chi connectivity index (χ0) is 9.26. The third-order valence-corrected chi connectivity index (χ3v) is 3.35. The monoisotopic (exact) mass is 213 g/mol. The number of hydrogen-bond donors (Lipinski definition) is 0. The first-order valence-corrected chi connectivity index (χ1v) is 5.56. The van der Waals surface area contributed by atoms with Gasteiger partial charge in [-0.3, -0.25) is 4.79 Å². The molecule has 0 amide bonds. The summed E-state index contributed by atoms with van der Waals surface area (Å²) in [6, 6.07) is 1.85. The van der Waals surface area contributed by atoms with Gasteiger partial charge in [0, 0.05) is 11.4 Å². The summed E-state index contributed by atoms with van der Waals surface area (Å²) in [6.07, 6.45) is 1.72. The summed E-state index contributed by atoms with van der Waals surface area (Å²) in [6.45, 7) is 0. The van der Waals surface area contributed by atoms with Crippen molar-refractivity contribution in [3.05, 3.63) is 28.0 Å². The van der Waals surface area contributed by atoms with Gasteiger partial charge in [0.2, 0.25) is 0 Å². The molecule has 1 aromatic heterocycles. The minimum atomic E-state index is 0.334. The van der Waals surface area contributed by atoms with Gasteiger partial charge in [-0.1, -0.05) is 11.6 Å². The second kappa shape index (κ2) is 3.68. The minimum absolute atomic E-state index is 0.334. The van der Waals surface area contributed by atoms with Gasteiger partial charge in [0.1, 0.15) is 5.15 Å². The molecule has 0 bridgehead atoms. The number of halogens is 1. The molecule has 0 atom stereocenters. The molecular weight excluding hydrogens is 206 g/mol. The van der Waals surface area contributed by atoms with E-state index in [2.05, 4.69) is 4.98 Å². The van der Waals surface area contributed by atoms with Crippen molar-refractivity contribution in [1.29, 1.82) is 0 Å². The minimum Gasteiger partial charge on any atom is -0.298 e. The van der Waals surface area contributed by atoms with E-state index in [0.29, 0.717) is 10.7 Å². The van der Waals surface area contributed by atoms with E-state index in [1.54, 1.807) is 0 Å². The lowest BCUT2D eigenvalue weighted by Gasteiger charge is -2.14. The highest BCUT2D eigenvalue weighted by Crippen LogP contribution is 2.26. The van der Waals surface area contributed by atoms with Crippen LogP contribution in [-0.2, 0) is 12.2 Å². The van der Waals surface area contributed by atoms with E-state index < -0.39 is 0 Å². The second-order valence-corrected chi connectivity index (χ2v) is 4.36. The van der Waals surface area contributed by atoms with Crippen LogP contribution in [0.5, 0.6) is 0 Å². The van der Waals surface area contributed by atoms with Crippen molar-refractivity contribution in [1.82, 2.24) is 4.98 Å². The van der Waals surface area contributed by atoms with Crippen LogP contribution in [0.2, 0.25) is 5.15 Å². The van der Waals surface area contributed by atoms with Crippen molar-refractivity contribution in [3.8, 4) is 0 Å². The van der Waals surface area contributed by atoms with Crippen molar-refractivity contribution in [3.63, 3.8) is 0 Å². The van der Waals surface area contributed by atoms with Crippen molar-refractivity contribution in [2.75, 3.05) is 5.75 Å². The van der Waals surface area contributed by atoms with Crippen LogP contribution in [-0.4, -0.2) is 17.0 Å². The number of nitrogens with zero attached hydrogens (tertiary/aromatic N) is 1. The number of aryl methyl sites for hydroxylation is 1. The molecule has 0 saturated heterocycles. The van der Waals surface area contributed by atoms with E-state index >= 15 is 0 Å². The molecule has 0 radical (unpaired) electrons. The summed E-state index contributed by atoms with van der Waals surface area (Å²) < 4.78 is 0. The Morgan fingerprint density at radius 3 is 3.23 bits per heavy atom. The largest absolute Gasteiger partial charge is 0.298 e. The summed E-state index contributed by atoms with van der Waals surface area (Å²) in [4.78, 5) is 14.8. The highest BCUT2D eigenvalue weighted by Gasteiger charge is 2.13. The van der Waals surface area contributed by atoms with Gasteiger partial charge in [0.15, 0.2) is 6.29 Å². The Labute approximate surface area is 85.7 Å². The molecule has 0 aromatic carbocycles. The lowest BCUT2D eigenvalue weighted by molar-refractivity contribution is 0.112. The van der Waals surface area contributed by atoms with E-state index in [4.69, 9.17) is 11.6 Å². The van der Waals surface area contributed by atoms with Crippen LogP contribution in [0.15, 0.2) is 6.07 Å². The van der Waals surface area contributed by atoms with Crippen molar-refractivity contribution < 1.29 is 4.79 Å². The first-order chi connectivity index (χ1) is 6.31. The van der Waals surface area contributed by atoms with Crippen molar-refractivity contribution in [2.45, 2.75) is 12.2 Å².